The maximum atomic E-state index is 13.5. The van der Waals surface area contributed by atoms with Crippen molar-refractivity contribution in [2.24, 2.45) is 0 Å². The van der Waals surface area contributed by atoms with Crippen LogP contribution in [0.2, 0.25) is 0 Å². The highest BCUT2D eigenvalue weighted by molar-refractivity contribution is 5.93. The number of carbonyl (C=O) groups is 1. The Morgan fingerprint density at radius 2 is 1.50 bits per heavy atom. The second kappa shape index (κ2) is 9.11. The summed E-state index contributed by atoms with van der Waals surface area (Å²) in [5.74, 6) is 0.325. The van der Waals surface area contributed by atoms with Gasteiger partial charge in [0.15, 0.2) is 0 Å². The molecule has 0 N–H and O–H groups in total. The predicted octanol–water partition coefficient (Wildman–Crippen LogP) is 4.06. The van der Waals surface area contributed by atoms with Gasteiger partial charge in [-0.2, -0.15) is 0 Å². The van der Waals surface area contributed by atoms with E-state index in [4.69, 9.17) is 4.74 Å². The molecular weight excluding hydrogens is 322 g/mol. The summed E-state index contributed by atoms with van der Waals surface area (Å²) in [6, 6.07) is 20.5. The monoisotopic (exact) mass is 351 g/mol. The van der Waals surface area contributed by atoms with Crippen LogP contribution in [-0.2, 0) is 14.9 Å². The number of ether oxygens (including phenoxy) is 1. The van der Waals surface area contributed by atoms with Crippen LogP contribution in [0.4, 0.5) is 0 Å². The van der Waals surface area contributed by atoms with Gasteiger partial charge in [-0.3, -0.25) is 9.69 Å². The van der Waals surface area contributed by atoms with Crippen LogP contribution in [0, 0.1) is 0 Å². The highest BCUT2D eigenvalue weighted by Crippen LogP contribution is 2.37. The highest BCUT2D eigenvalue weighted by Gasteiger charge is 2.39. The lowest BCUT2D eigenvalue weighted by molar-refractivity contribution is -0.123. The predicted molar refractivity (Wildman–Crippen MR) is 105 cm³/mol. The zero-order chi connectivity index (χ0) is 18.2. The number of hydrogen-bond donors (Lipinski definition) is 0. The number of hydrogen-bond acceptors (Lipinski definition) is 3. The van der Waals surface area contributed by atoms with Crippen LogP contribution in [-0.4, -0.2) is 43.5 Å². The molecule has 0 atom stereocenters. The summed E-state index contributed by atoms with van der Waals surface area (Å²) < 4.78 is 5.41. The van der Waals surface area contributed by atoms with Crippen LogP contribution in [0.15, 0.2) is 60.7 Å². The zero-order valence-corrected chi connectivity index (χ0v) is 15.7. The van der Waals surface area contributed by atoms with Gasteiger partial charge in [-0.15, -0.1) is 0 Å². The lowest BCUT2D eigenvalue weighted by Gasteiger charge is -2.33. The summed E-state index contributed by atoms with van der Waals surface area (Å²) >= 11 is 0. The van der Waals surface area contributed by atoms with Gasteiger partial charge in [-0.05, 0) is 30.5 Å². The molecule has 0 radical (unpaired) electrons. The maximum Gasteiger partial charge on any atom is 0.147 e. The number of rotatable bonds is 8. The molecule has 26 heavy (non-hydrogen) atoms. The van der Waals surface area contributed by atoms with Gasteiger partial charge in [0.05, 0.1) is 18.6 Å². The summed E-state index contributed by atoms with van der Waals surface area (Å²) in [6.45, 7) is 6.66. The van der Waals surface area contributed by atoms with E-state index in [1.807, 2.05) is 36.4 Å². The highest BCUT2D eigenvalue weighted by atomic mass is 16.5. The van der Waals surface area contributed by atoms with Gasteiger partial charge >= 0.3 is 0 Å². The van der Waals surface area contributed by atoms with Gasteiger partial charge in [0.2, 0.25) is 0 Å². The van der Waals surface area contributed by atoms with Crippen molar-refractivity contribution < 1.29 is 9.53 Å². The van der Waals surface area contributed by atoms with Crippen molar-refractivity contribution >= 4 is 5.78 Å². The zero-order valence-electron chi connectivity index (χ0n) is 15.7. The van der Waals surface area contributed by atoms with Gasteiger partial charge in [-0.1, -0.05) is 67.6 Å². The Balaban J connectivity index is 1.79. The molecule has 1 aliphatic rings. The maximum absolute atomic E-state index is 13.5. The lowest BCUT2D eigenvalue weighted by Crippen LogP contribution is -2.39. The largest absolute Gasteiger partial charge is 0.379 e. The van der Waals surface area contributed by atoms with E-state index in [1.165, 1.54) is 0 Å². The molecule has 0 amide bonds. The minimum atomic E-state index is -0.548. The van der Waals surface area contributed by atoms with Crippen LogP contribution >= 0.6 is 0 Å². The first-order valence-corrected chi connectivity index (χ1v) is 9.72. The molecule has 0 spiro atoms. The number of benzene rings is 2. The van der Waals surface area contributed by atoms with Crippen LogP contribution in [0.3, 0.4) is 0 Å². The first kappa shape index (κ1) is 18.8. The third-order valence-corrected chi connectivity index (χ3v) is 5.52. The Morgan fingerprint density at radius 1 is 0.962 bits per heavy atom. The number of morpholine rings is 1. The second-order valence-electron chi connectivity index (χ2n) is 6.97. The Hall–Kier alpha value is -1.97. The van der Waals surface area contributed by atoms with Crippen molar-refractivity contribution in [1.29, 1.82) is 0 Å². The molecular formula is C23H29NO2. The van der Waals surface area contributed by atoms with E-state index in [9.17, 15) is 4.79 Å². The second-order valence-corrected chi connectivity index (χ2v) is 6.97. The van der Waals surface area contributed by atoms with Crippen LogP contribution < -0.4 is 0 Å². The van der Waals surface area contributed by atoms with Gasteiger partial charge in [0, 0.05) is 19.5 Å². The number of ketones is 1. The molecule has 3 nitrogen and oxygen atoms in total. The molecule has 0 bridgehead atoms. The average Bonchev–Trinajstić information content (AvgIpc) is 2.71. The van der Waals surface area contributed by atoms with E-state index in [2.05, 4.69) is 36.1 Å². The van der Waals surface area contributed by atoms with Crippen molar-refractivity contribution in [3.63, 3.8) is 0 Å². The molecule has 1 heterocycles. The molecule has 1 fully saturated rings. The molecule has 1 saturated heterocycles. The van der Waals surface area contributed by atoms with E-state index in [0.29, 0.717) is 12.2 Å². The van der Waals surface area contributed by atoms with Gasteiger partial charge in [-0.25, -0.2) is 0 Å². The molecule has 0 saturated carbocycles. The third-order valence-electron chi connectivity index (χ3n) is 5.52. The quantitative estimate of drug-likeness (QED) is 0.718. The van der Waals surface area contributed by atoms with Crippen molar-refractivity contribution in [2.75, 3.05) is 32.8 Å². The Bertz CT molecular complexity index is 638. The smallest absolute Gasteiger partial charge is 0.147 e. The Morgan fingerprint density at radius 3 is 2.00 bits per heavy atom. The molecule has 3 rings (SSSR count). The van der Waals surface area contributed by atoms with Crippen LogP contribution in [0.25, 0.3) is 0 Å². The van der Waals surface area contributed by atoms with E-state index in [0.717, 1.165) is 56.8 Å². The fourth-order valence-electron chi connectivity index (χ4n) is 4.04. The molecule has 2 aromatic carbocycles. The SMILES string of the molecule is CCC(C(=O)CCCN1CCOCC1)(c1ccccc1)c1ccccc1. The Kier molecular flexibility index (Phi) is 6.59. The average molecular weight is 351 g/mol. The van der Waals surface area contributed by atoms with Crippen molar-refractivity contribution in [2.45, 2.75) is 31.6 Å². The molecule has 0 aromatic heterocycles. The summed E-state index contributed by atoms with van der Waals surface area (Å²) in [5, 5.41) is 0. The third kappa shape index (κ3) is 4.05. The normalized spacial score (nSPS) is 15.7. The molecule has 0 aliphatic carbocycles. The van der Waals surface area contributed by atoms with Crippen molar-refractivity contribution in [3.8, 4) is 0 Å². The van der Waals surface area contributed by atoms with Crippen molar-refractivity contribution in [3.05, 3.63) is 71.8 Å². The summed E-state index contributed by atoms with van der Waals surface area (Å²) in [6.07, 6.45) is 2.28. The first-order valence-electron chi connectivity index (χ1n) is 9.72. The number of nitrogens with zero attached hydrogens (tertiary/aromatic N) is 1. The van der Waals surface area contributed by atoms with Gasteiger partial charge < -0.3 is 4.74 Å². The lowest BCUT2D eigenvalue weighted by atomic mass is 9.68. The summed E-state index contributed by atoms with van der Waals surface area (Å²) in [7, 11) is 0. The molecule has 2 aromatic rings. The molecule has 1 aliphatic heterocycles. The van der Waals surface area contributed by atoms with E-state index in [1.54, 1.807) is 0 Å². The molecule has 3 heteroatoms. The number of carbonyl (C=O) groups excluding carboxylic acids is 1. The summed E-state index contributed by atoms with van der Waals surface area (Å²) in [4.78, 5) is 15.9. The van der Waals surface area contributed by atoms with Gasteiger partial charge in [0.1, 0.15) is 5.78 Å². The van der Waals surface area contributed by atoms with Crippen LogP contribution in [0.1, 0.15) is 37.3 Å². The van der Waals surface area contributed by atoms with E-state index >= 15 is 0 Å². The number of Topliss-reactive ketones (excluding diaryl/α,β-unsaturated/α-hetero) is 1. The topological polar surface area (TPSA) is 29.5 Å². The standard InChI is InChI=1S/C23H29NO2/c1-2-23(20-10-5-3-6-11-20,21-12-7-4-8-13-21)22(25)14-9-15-24-16-18-26-19-17-24/h3-8,10-13H,2,9,14-19H2,1H3. The minimum Gasteiger partial charge on any atom is -0.379 e. The fraction of sp³-hybridized carbons (Fsp3) is 0.435. The molecule has 0 unspecified atom stereocenters. The van der Waals surface area contributed by atoms with E-state index < -0.39 is 5.41 Å². The minimum absolute atomic E-state index is 0.325. The molecule has 138 valence electrons. The van der Waals surface area contributed by atoms with Gasteiger partial charge in [0.25, 0.3) is 0 Å². The fourth-order valence-corrected chi connectivity index (χ4v) is 4.04. The Labute approximate surface area is 157 Å². The van der Waals surface area contributed by atoms with Crippen molar-refractivity contribution in [1.82, 2.24) is 4.90 Å². The first-order chi connectivity index (χ1) is 12.8. The van der Waals surface area contributed by atoms with E-state index in [-0.39, 0.29) is 0 Å². The van der Waals surface area contributed by atoms with Crippen LogP contribution in [0.5, 0.6) is 0 Å². The summed E-state index contributed by atoms with van der Waals surface area (Å²) in [5.41, 5.74) is 1.66.